The normalized spacial score (nSPS) is 15.6. The number of nitrogens with zero attached hydrogens (tertiary/aromatic N) is 4. The van der Waals surface area contributed by atoms with Gasteiger partial charge >= 0.3 is 6.18 Å². The fourth-order valence-corrected chi connectivity index (χ4v) is 2.98. The van der Waals surface area contributed by atoms with Crippen LogP contribution in [0.15, 0.2) is 18.2 Å². The zero-order valence-electron chi connectivity index (χ0n) is 14.0. The molecule has 2 aromatic rings. The second kappa shape index (κ2) is 7.22. The number of carbonyl (C=O) groups is 1. The lowest BCUT2D eigenvalue weighted by Gasteiger charge is -2.29. The molecule has 2 heterocycles. The van der Waals surface area contributed by atoms with E-state index in [-0.39, 0.29) is 49.8 Å². The summed E-state index contributed by atoms with van der Waals surface area (Å²) in [6.45, 7) is -0.130. The van der Waals surface area contributed by atoms with Crippen LogP contribution in [0, 0.1) is 11.6 Å². The first-order valence-corrected chi connectivity index (χ1v) is 8.11. The maximum atomic E-state index is 13.7. The molecule has 1 aromatic carbocycles. The number of halogens is 5. The number of alkyl halides is 3. The molecule has 0 saturated heterocycles. The van der Waals surface area contributed by atoms with Gasteiger partial charge in [0.25, 0.3) is 0 Å². The molecule has 0 saturated carbocycles. The highest BCUT2D eigenvalue weighted by molar-refractivity contribution is 5.76. The van der Waals surface area contributed by atoms with Crippen LogP contribution in [0.25, 0.3) is 0 Å². The molecule has 0 spiro atoms. The van der Waals surface area contributed by atoms with Crippen LogP contribution >= 0.6 is 0 Å². The number of benzene rings is 1. The van der Waals surface area contributed by atoms with Gasteiger partial charge in [-0.3, -0.25) is 4.79 Å². The second-order valence-corrected chi connectivity index (χ2v) is 6.31. The van der Waals surface area contributed by atoms with Crippen molar-refractivity contribution < 1.29 is 26.7 Å². The second-order valence-electron chi connectivity index (χ2n) is 6.31. The van der Waals surface area contributed by atoms with Gasteiger partial charge in [0.05, 0.1) is 6.54 Å². The third kappa shape index (κ3) is 4.24. The van der Waals surface area contributed by atoms with E-state index in [0.717, 1.165) is 16.7 Å². The number of hydrogen-bond donors (Lipinski definition) is 1. The van der Waals surface area contributed by atoms with Gasteiger partial charge in [0, 0.05) is 31.6 Å². The van der Waals surface area contributed by atoms with Gasteiger partial charge in [-0.05, 0) is 18.1 Å². The molecule has 11 heteroatoms. The lowest BCUT2D eigenvalue weighted by molar-refractivity contribution is -0.148. The molecule has 0 fully saturated rings. The summed E-state index contributed by atoms with van der Waals surface area (Å²) >= 11 is 0. The highest BCUT2D eigenvalue weighted by Gasteiger charge is 2.39. The Labute approximate surface area is 150 Å². The number of fused-ring (bicyclic) bond motifs is 1. The molecule has 1 amide bonds. The number of hydrogen-bond acceptors (Lipinski definition) is 4. The zero-order chi connectivity index (χ0) is 19.8. The summed E-state index contributed by atoms with van der Waals surface area (Å²) < 4.78 is 66.0. The Morgan fingerprint density at radius 1 is 1.22 bits per heavy atom. The van der Waals surface area contributed by atoms with Crippen molar-refractivity contribution in [2.45, 2.75) is 38.1 Å². The Morgan fingerprint density at radius 3 is 2.63 bits per heavy atom. The summed E-state index contributed by atoms with van der Waals surface area (Å²) in [6, 6.07) is 2.38. The van der Waals surface area contributed by atoms with Gasteiger partial charge in [-0.2, -0.15) is 13.2 Å². The average molecular weight is 389 g/mol. The lowest BCUT2D eigenvalue weighted by atomic mass is 10.0. The largest absolute Gasteiger partial charge is 0.451 e. The minimum absolute atomic E-state index is 0.0279. The molecule has 6 nitrogen and oxygen atoms in total. The first kappa shape index (κ1) is 19.2. The van der Waals surface area contributed by atoms with E-state index < -0.39 is 29.7 Å². The molecule has 146 valence electrons. The van der Waals surface area contributed by atoms with Gasteiger partial charge in [0.1, 0.15) is 11.6 Å². The predicted molar refractivity (Wildman–Crippen MR) is 83.1 cm³/mol. The van der Waals surface area contributed by atoms with E-state index in [1.165, 1.54) is 11.0 Å². The first-order chi connectivity index (χ1) is 12.6. The van der Waals surface area contributed by atoms with E-state index in [4.69, 9.17) is 5.73 Å². The van der Waals surface area contributed by atoms with E-state index in [1.54, 1.807) is 0 Å². The van der Waals surface area contributed by atoms with Crippen LogP contribution in [-0.2, 0) is 30.5 Å². The van der Waals surface area contributed by atoms with Gasteiger partial charge in [0.15, 0.2) is 5.82 Å². The van der Waals surface area contributed by atoms with Crippen LogP contribution in [-0.4, -0.2) is 38.2 Å². The van der Waals surface area contributed by atoms with E-state index in [1.807, 2.05) is 0 Å². The van der Waals surface area contributed by atoms with E-state index in [0.29, 0.717) is 0 Å². The quantitative estimate of drug-likeness (QED) is 0.811. The molecule has 3 rings (SSSR count). The topological polar surface area (TPSA) is 77.0 Å². The molecule has 1 atom stereocenters. The lowest BCUT2D eigenvalue weighted by Crippen LogP contribution is -2.42. The molecule has 0 bridgehead atoms. The van der Waals surface area contributed by atoms with Crippen LogP contribution in [0.4, 0.5) is 22.0 Å². The zero-order valence-corrected chi connectivity index (χ0v) is 14.0. The van der Waals surface area contributed by atoms with Crippen LogP contribution in [0.3, 0.4) is 0 Å². The Balaban J connectivity index is 1.61. The van der Waals surface area contributed by atoms with Crippen LogP contribution in [0.5, 0.6) is 0 Å². The smallest absolute Gasteiger partial charge is 0.333 e. The predicted octanol–water partition coefficient (Wildman–Crippen LogP) is 1.88. The Hall–Kier alpha value is -2.56. The number of aromatic nitrogens is 3. The number of rotatable bonds is 4. The fraction of sp³-hybridized carbons (Fsp3) is 0.438. The number of amides is 1. The van der Waals surface area contributed by atoms with Crippen molar-refractivity contribution in [2.75, 3.05) is 6.54 Å². The molecule has 1 unspecified atom stereocenters. The summed E-state index contributed by atoms with van der Waals surface area (Å²) in [5, 5.41) is 6.65. The summed E-state index contributed by atoms with van der Waals surface area (Å²) in [6.07, 6.45) is -4.71. The minimum Gasteiger partial charge on any atom is -0.333 e. The van der Waals surface area contributed by atoms with Gasteiger partial charge < -0.3 is 15.2 Å². The average Bonchev–Trinajstić information content (AvgIpc) is 3.00. The van der Waals surface area contributed by atoms with Crippen LogP contribution < -0.4 is 5.73 Å². The van der Waals surface area contributed by atoms with Crippen molar-refractivity contribution >= 4 is 5.91 Å². The minimum atomic E-state index is -4.61. The molecular formula is C16H16F5N5O. The molecular weight excluding hydrogens is 373 g/mol. The summed E-state index contributed by atoms with van der Waals surface area (Å²) in [5.41, 5.74) is 6.07. The van der Waals surface area contributed by atoms with Crippen LogP contribution in [0.2, 0.25) is 0 Å². The molecule has 2 N–H and O–H groups in total. The highest BCUT2D eigenvalue weighted by Crippen LogP contribution is 2.29. The van der Waals surface area contributed by atoms with E-state index in [2.05, 4.69) is 10.2 Å². The summed E-state index contributed by atoms with van der Waals surface area (Å²) in [7, 11) is 0. The molecule has 1 aliphatic heterocycles. The Morgan fingerprint density at radius 2 is 1.96 bits per heavy atom. The SMILES string of the molecule is NC(CC(=O)N1CCn2c(nnc2C(F)(F)F)C1)Cc1ccc(F)cc1F. The maximum Gasteiger partial charge on any atom is 0.451 e. The summed E-state index contributed by atoms with van der Waals surface area (Å²) in [4.78, 5) is 13.7. The third-order valence-corrected chi connectivity index (χ3v) is 4.29. The molecule has 0 aliphatic carbocycles. The summed E-state index contributed by atoms with van der Waals surface area (Å²) in [5.74, 6) is -2.89. The van der Waals surface area contributed by atoms with Gasteiger partial charge in [-0.15, -0.1) is 10.2 Å². The van der Waals surface area contributed by atoms with Gasteiger partial charge in [-0.1, -0.05) is 6.07 Å². The number of nitrogens with two attached hydrogens (primary N) is 1. The van der Waals surface area contributed by atoms with Crippen molar-refractivity contribution in [2.24, 2.45) is 5.73 Å². The van der Waals surface area contributed by atoms with Gasteiger partial charge in [-0.25, -0.2) is 8.78 Å². The molecule has 1 aliphatic rings. The van der Waals surface area contributed by atoms with E-state index >= 15 is 0 Å². The Bertz CT molecular complexity index is 850. The van der Waals surface area contributed by atoms with Crippen molar-refractivity contribution in [1.82, 2.24) is 19.7 Å². The molecule has 27 heavy (non-hydrogen) atoms. The first-order valence-electron chi connectivity index (χ1n) is 8.11. The van der Waals surface area contributed by atoms with Crippen LogP contribution in [0.1, 0.15) is 23.6 Å². The van der Waals surface area contributed by atoms with E-state index in [9.17, 15) is 26.7 Å². The highest BCUT2D eigenvalue weighted by atomic mass is 19.4. The monoisotopic (exact) mass is 389 g/mol. The van der Waals surface area contributed by atoms with Crippen molar-refractivity contribution in [1.29, 1.82) is 0 Å². The van der Waals surface area contributed by atoms with Gasteiger partial charge in [0.2, 0.25) is 11.7 Å². The molecule has 0 radical (unpaired) electrons. The van der Waals surface area contributed by atoms with Crippen molar-refractivity contribution in [3.8, 4) is 0 Å². The molecule has 1 aromatic heterocycles. The Kier molecular flexibility index (Phi) is 5.13. The standard InChI is InChI=1S/C16H16F5N5O/c17-10-2-1-9(12(18)6-10)5-11(22)7-14(27)25-3-4-26-13(8-25)23-24-15(26)16(19,20)21/h1-2,6,11H,3-5,7-8,22H2. The maximum absolute atomic E-state index is 13.7. The third-order valence-electron chi connectivity index (χ3n) is 4.29. The van der Waals surface area contributed by atoms with Crippen molar-refractivity contribution in [3.63, 3.8) is 0 Å². The van der Waals surface area contributed by atoms with Crippen molar-refractivity contribution in [3.05, 3.63) is 47.0 Å². The fourth-order valence-electron chi connectivity index (χ4n) is 2.98. The number of carbonyl (C=O) groups excluding carboxylic acids is 1.